The van der Waals surface area contributed by atoms with Crippen LogP contribution in [0.1, 0.15) is 37.8 Å². The van der Waals surface area contributed by atoms with Gasteiger partial charge < -0.3 is 9.47 Å². The number of carbonyl (C=O) groups is 4. The molecular formula is C28H26N2O6S4. The van der Waals surface area contributed by atoms with E-state index in [0.717, 1.165) is 47.5 Å². The van der Waals surface area contributed by atoms with Gasteiger partial charge in [-0.25, -0.2) is 0 Å². The van der Waals surface area contributed by atoms with Gasteiger partial charge in [0.15, 0.2) is 8.64 Å². The van der Waals surface area contributed by atoms with Gasteiger partial charge in [-0.05, 0) is 48.2 Å². The summed E-state index contributed by atoms with van der Waals surface area (Å²) in [6.45, 7) is 4.60. The van der Waals surface area contributed by atoms with Crippen LogP contribution in [0.15, 0.2) is 58.3 Å². The van der Waals surface area contributed by atoms with E-state index in [0.29, 0.717) is 33.2 Å². The Hall–Kier alpha value is -3.06. The molecule has 2 amide bonds. The Morgan fingerprint density at radius 1 is 0.675 bits per heavy atom. The summed E-state index contributed by atoms with van der Waals surface area (Å²) in [6, 6.07) is 13.8. The number of hydrogen-bond donors (Lipinski definition) is 0. The lowest BCUT2D eigenvalue weighted by atomic mass is 10.1. The molecule has 0 saturated carbocycles. The third-order valence-corrected chi connectivity index (χ3v) is 8.64. The van der Waals surface area contributed by atoms with Crippen LogP contribution >= 0.6 is 48.0 Å². The number of thiocarbonyl (C=S) groups is 2. The van der Waals surface area contributed by atoms with Gasteiger partial charge in [0, 0.05) is 0 Å². The van der Waals surface area contributed by atoms with Crippen molar-refractivity contribution in [1.29, 1.82) is 0 Å². The third kappa shape index (κ3) is 6.80. The van der Waals surface area contributed by atoms with Gasteiger partial charge in [0.2, 0.25) is 0 Å². The zero-order valence-electron chi connectivity index (χ0n) is 21.8. The summed E-state index contributed by atoms with van der Waals surface area (Å²) in [7, 11) is 0. The predicted octanol–water partition coefficient (Wildman–Crippen LogP) is 5.32. The van der Waals surface area contributed by atoms with Crippen LogP contribution in [0.4, 0.5) is 11.4 Å². The van der Waals surface area contributed by atoms with Gasteiger partial charge in [0.25, 0.3) is 11.8 Å². The second-order valence-electron chi connectivity index (χ2n) is 8.80. The normalized spacial score (nSPS) is 17.1. The van der Waals surface area contributed by atoms with Gasteiger partial charge >= 0.3 is 11.9 Å². The molecule has 12 heteroatoms. The molecule has 40 heavy (non-hydrogen) atoms. The first-order valence-corrected chi connectivity index (χ1v) is 15.0. The fraction of sp³-hybridized carbons (Fsp3) is 0.286. The second kappa shape index (κ2) is 13.5. The highest BCUT2D eigenvalue weighted by Gasteiger charge is 2.43. The van der Waals surface area contributed by atoms with Crippen LogP contribution in [0.5, 0.6) is 0 Å². The van der Waals surface area contributed by atoms with Crippen LogP contribution < -0.4 is 9.80 Å². The van der Waals surface area contributed by atoms with E-state index in [9.17, 15) is 19.2 Å². The molecule has 0 bridgehead atoms. The molecule has 0 atom stereocenters. The number of benzene rings is 2. The molecule has 2 aromatic rings. The van der Waals surface area contributed by atoms with Crippen molar-refractivity contribution >= 4 is 91.7 Å². The molecule has 2 heterocycles. The smallest absolute Gasteiger partial charge is 0.310 e. The molecule has 208 valence electrons. The lowest BCUT2D eigenvalue weighted by molar-refractivity contribution is -0.143. The number of anilines is 2. The van der Waals surface area contributed by atoms with Crippen LogP contribution in [0.25, 0.3) is 0 Å². The number of ether oxygens (including phenoxy) is 2. The largest absolute Gasteiger partial charge is 0.465 e. The topological polar surface area (TPSA) is 93.2 Å². The highest BCUT2D eigenvalue weighted by Crippen LogP contribution is 2.44. The molecule has 4 rings (SSSR count). The summed E-state index contributed by atoms with van der Waals surface area (Å²) in [5.41, 5.74) is 2.57. The summed E-state index contributed by atoms with van der Waals surface area (Å²) < 4.78 is 10.8. The number of amides is 2. The summed E-state index contributed by atoms with van der Waals surface area (Å²) >= 11 is 13.1. The molecule has 2 saturated heterocycles. The summed E-state index contributed by atoms with van der Waals surface area (Å²) in [6.07, 6.45) is 1.76. The van der Waals surface area contributed by atoms with Crippen LogP contribution in [-0.2, 0) is 41.5 Å². The molecule has 0 radical (unpaired) electrons. The van der Waals surface area contributed by atoms with Crippen molar-refractivity contribution in [2.24, 2.45) is 0 Å². The fourth-order valence-corrected chi connectivity index (χ4v) is 6.60. The molecule has 8 nitrogen and oxygen atoms in total. The first-order valence-electron chi connectivity index (χ1n) is 12.6. The zero-order valence-corrected chi connectivity index (χ0v) is 25.1. The minimum Gasteiger partial charge on any atom is -0.465 e. The quantitative estimate of drug-likeness (QED) is 0.199. The molecule has 0 unspecified atom stereocenters. The van der Waals surface area contributed by atoms with E-state index >= 15 is 0 Å². The number of rotatable bonds is 10. The van der Waals surface area contributed by atoms with E-state index in [4.69, 9.17) is 33.9 Å². The van der Waals surface area contributed by atoms with Crippen LogP contribution in [-0.4, -0.2) is 45.6 Å². The Kier molecular flexibility index (Phi) is 10.1. The van der Waals surface area contributed by atoms with Crippen molar-refractivity contribution in [2.75, 3.05) is 23.0 Å². The van der Waals surface area contributed by atoms with Crippen molar-refractivity contribution in [1.82, 2.24) is 0 Å². The maximum atomic E-state index is 13.4. The van der Waals surface area contributed by atoms with Gasteiger partial charge in [0.05, 0.1) is 47.2 Å². The van der Waals surface area contributed by atoms with Crippen LogP contribution in [0.3, 0.4) is 0 Å². The van der Waals surface area contributed by atoms with E-state index in [1.165, 1.54) is 9.80 Å². The highest BCUT2D eigenvalue weighted by molar-refractivity contribution is 8.30. The first-order chi connectivity index (χ1) is 19.2. The molecule has 0 N–H and O–H groups in total. The average molecular weight is 615 g/mol. The molecule has 0 aromatic heterocycles. The van der Waals surface area contributed by atoms with E-state index < -0.39 is 11.8 Å². The maximum absolute atomic E-state index is 13.4. The van der Waals surface area contributed by atoms with Crippen LogP contribution in [0.2, 0.25) is 0 Å². The number of carbonyl (C=O) groups excluding carboxylic acids is 4. The Labute approximate surface area is 251 Å². The Morgan fingerprint density at radius 3 is 1.35 bits per heavy atom. The molecular weight excluding hydrogens is 589 g/mol. The summed E-state index contributed by atoms with van der Waals surface area (Å²) in [5.74, 6) is -1.45. The molecule has 0 spiro atoms. The van der Waals surface area contributed by atoms with Crippen molar-refractivity contribution in [2.45, 2.75) is 39.5 Å². The second-order valence-corrected chi connectivity index (χ2v) is 12.1. The predicted molar refractivity (Wildman–Crippen MR) is 165 cm³/mol. The molecule has 2 aliphatic heterocycles. The molecule has 2 aromatic carbocycles. The molecule has 2 aliphatic rings. The van der Waals surface area contributed by atoms with Crippen molar-refractivity contribution in [3.05, 3.63) is 69.5 Å². The van der Waals surface area contributed by atoms with E-state index in [2.05, 4.69) is 0 Å². The number of thioether (sulfide) groups is 2. The summed E-state index contributed by atoms with van der Waals surface area (Å²) in [4.78, 5) is 53.8. The lowest BCUT2D eigenvalue weighted by Gasteiger charge is -2.15. The van der Waals surface area contributed by atoms with Crippen molar-refractivity contribution in [3.8, 4) is 0 Å². The van der Waals surface area contributed by atoms with Gasteiger partial charge in [-0.15, -0.1) is 0 Å². The van der Waals surface area contributed by atoms with Crippen LogP contribution in [0, 0.1) is 0 Å². The number of nitrogens with zero attached hydrogens (tertiary/aromatic N) is 2. The Bertz CT molecular complexity index is 1280. The SMILES string of the molecule is CCCOC(=O)Cc1ccc(N2C(=O)/C(=C3\SC(=S)N(c4ccc(CC(=O)OCCC)cc4)C3=O)SC2=S)cc1. The monoisotopic (exact) mass is 614 g/mol. The van der Waals surface area contributed by atoms with Gasteiger partial charge in [0.1, 0.15) is 0 Å². The minimum absolute atomic E-state index is 0.130. The third-order valence-electron chi connectivity index (χ3n) is 5.77. The highest BCUT2D eigenvalue weighted by atomic mass is 32.2. The zero-order chi connectivity index (χ0) is 28.8. The van der Waals surface area contributed by atoms with Crippen molar-refractivity contribution in [3.63, 3.8) is 0 Å². The standard InChI is InChI=1S/C28H26N2O6S4/c1-3-13-35-21(31)15-17-5-9-19(10-6-17)29-25(33)23(39-27(29)37)24-26(34)30(28(38)40-24)20-11-7-18(8-12-20)16-22(32)36-14-4-2/h5-12H,3-4,13-16H2,1-2H3/b24-23+. The van der Waals surface area contributed by atoms with Crippen molar-refractivity contribution < 1.29 is 28.7 Å². The Morgan fingerprint density at radius 2 is 1.02 bits per heavy atom. The molecule has 2 fully saturated rings. The van der Waals surface area contributed by atoms with E-state index in [-0.39, 0.29) is 34.6 Å². The Balaban J connectivity index is 1.48. The van der Waals surface area contributed by atoms with Gasteiger partial charge in [-0.1, -0.05) is 86.1 Å². The van der Waals surface area contributed by atoms with Gasteiger partial charge in [-0.2, -0.15) is 0 Å². The maximum Gasteiger partial charge on any atom is 0.310 e. The minimum atomic E-state index is -0.411. The number of esters is 2. The number of hydrogen-bond acceptors (Lipinski definition) is 10. The van der Waals surface area contributed by atoms with Gasteiger partial charge in [-0.3, -0.25) is 29.0 Å². The fourth-order valence-electron chi connectivity index (χ4n) is 3.85. The molecule has 0 aliphatic carbocycles. The average Bonchev–Trinajstić information content (AvgIpc) is 3.40. The first kappa shape index (κ1) is 29.9. The summed E-state index contributed by atoms with van der Waals surface area (Å²) in [5, 5.41) is 0. The van der Waals surface area contributed by atoms with E-state index in [1.807, 2.05) is 13.8 Å². The van der Waals surface area contributed by atoms with E-state index in [1.54, 1.807) is 48.5 Å². The lowest BCUT2D eigenvalue weighted by Crippen LogP contribution is -2.29.